The van der Waals surface area contributed by atoms with Crippen LogP contribution in [0.3, 0.4) is 0 Å². The Hall–Kier alpha value is -1.10. The van der Waals surface area contributed by atoms with Crippen molar-refractivity contribution in [1.29, 1.82) is 0 Å². The van der Waals surface area contributed by atoms with Gasteiger partial charge in [0.25, 0.3) is 0 Å². The van der Waals surface area contributed by atoms with E-state index in [0.717, 1.165) is 25.7 Å². The number of hydrogen-bond donors (Lipinski definition) is 1. The number of hydroxylamine groups is 2. The minimum absolute atomic E-state index is 0.0231. The molecule has 110 valence electrons. The first-order chi connectivity index (χ1) is 8.85. The van der Waals surface area contributed by atoms with Crippen LogP contribution in [0.4, 0.5) is 0 Å². The van der Waals surface area contributed by atoms with E-state index < -0.39 is 5.97 Å². The molecular weight excluding hydrogens is 246 g/mol. The second-order valence-corrected chi connectivity index (χ2v) is 5.90. The van der Waals surface area contributed by atoms with Crippen LogP contribution in [0, 0.1) is 23.7 Å². The second-order valence-electron chi connectivity index (χ2n) is 5.90. The molecule has 0 bridgehead atoms. The van der Waals surface area contributed by atoms with E-state index in [4.69, 9.17) is 9.94 Å². The molecule has 1 amide bonds. The van der Waals surface area contributed by atoms with E-state index in [9.17, 15) is 9.59 Å². The van der Waals surface area contributed by atoms with Crippen LogP contribution in [-0.4, -0.2) is 36.2 Å². The fourth-order valence-corrected chi connectivity index (χ4v) is 2.56. The monoisotopic (exact) mass is 271 g/mol. The molecule has 0 saturated heterocycles. The molecule has 1 N–H and O–H groups in total. The number of carbonyl (C=O) groups is 2. The van der Waals surface area contributed by atoms with Gasteiger partial charge in [-0.1, -0.05) is 13.8 Å². The molecule has 2 aliphatic rings. The van der Waals surface area contributed by atoms with Gasteiger partial charge >= 0.3 is 5.97 Å². The summed E-state index contributed by atoms with van der Waals surface area (Å²) in [6.45, 7) is 4.25. The average Bonchev–Trinajstić information content (AvgIpc) is 2.29. The van der Waals surface area contributed by atoms with E-state index in [2.05, 4.69) is 13.8 Å². The Morgan fingerprint density at radius 3 is 1.74 bits per heavy atom. The van der Waals surface area contributed by atoms with Gasteiger partial charge < -0.3 is 5.11 Å². The zero-order chi connectivity index (χ0) is 14.6. The molecule has 0 radical (unpaired) electrons. The molecule has 0 aromatic rings. The lowest BCUT2D eigenvalue weighted by Crippen LogP contribution is -2.38. The number of nitrogens with zero attached hydrogens (tertiary/aromatic N) is 1. The smallest absolute Gasteiger partial charge is 0.306 e. The van der Waals surface area contributed by atoms with Crippen LogP contribution in [0.5, 0.6) is 0 Å². The number of aliphatic carboxylic acids is 1. The fourth-order valence-electron chi connectivity index (χ4n) is 2.56. The van der Waals surface area contributed by atoms with Crippen molar-refractivity contribution < 1.29 is 19.5 Å². The first-order valence-electron chi connectivity index (χ1n) is 6.89. The van der Waals surface area contributed by atoms with Gasteiger partial charge in [-0.25, -0.2) is 5.06 Å². The van der Waals surface area contributed by atoms with Gasteiger partial charge in [0.05, 0.1) is 13.0 Å². The van der Waals surface area contributed by atoms with Gasteiger partial charge in [-0.3, -0.25) is 14.4 Å². The molecule has 5 nitrogen and oxygen atoms in total. The highest BCUT2D eigenvalue weighted by atomic mass is 16.7. The van der Waals surface area contributed by atoms with Crippen LogP contribution in [0.1, 0.15) is 39.5 Å². The van der Waals surface area contributed by atoms with Gasteiger partial charge in [0.2, 0.25) is 5.91 Å². The predicted octanol–water partition coefficient (Wildman–Crippen LogP) is 2.17. The maximum atomic E-state index is 11.3. The van der Waals surface area contributed by atoms with Crippen molar-refractivity contribution >= 4 is 11.9 Å². The molecule has 19 heavy (non-hydrogen) atoms. The maximum Gasteiger partial charge on any atom is 0.306 e. The molecule has 2 rings (SSSR count). The molecule has 2 fully saturated rings. The highest BCUT2D eigenvalue weighted by Crippen LogP contribution is 2.34. The predicted molar refractivity (Wildman–Crippen MR) is 71.2 cm³/mol. The van der Waals surface area contributed by atoms with E-state index in [1.54, 1.807) is 7.05 Å². The first kappa shape index (κ1) is 16.0. The van der Waals surface area contributed by atoms with Gasteiger partial charge in [-0.2, -0.15) is 0 Å². The molecule has 0 heterocycles. The Morgan fingerprint density at radius 2 is 1.47 bits per heavy atom. The number of carboxylic acid groups (broad SMARTS) is 1. The van der Waals surface area contributed by atoms with Crippen LogP contribution in [0.15, 0.2) is 0 Å². The molecule has 0 atom stereocenters. The number of carboxylic acids is 1. The first-order valence-corrected chi connectivity index (χ1v) is 6.89. The minimum Gasteiger partial charge on any atom is -0.481 e. The van der Waals surface area contributed by atoms with Gasteiger partial charge in [-0.05, 0) is 37.5 Å². The molecule has 0 aromatic heterocycles. The van der Waals surface area contributed by atoms with Crippen molar-refractivity contribution in [1.82, 2.24) is 5.06 Å². The van der Waals surface area contributed by atoms with Crippen molar-refractivity contribution in [3.63, 3.8) is 0 Å². The third-order valence-electron chi connectivity index (χ3n) is 4.03. The second kappa shape index (κ2) is 6.89. The van der Waals surface area contributed by atoms with Gasteiger partial charge in [0.1, 0.15) is 0 Å². The molecule has 2 saturated carbocycles. The molecule has 0 unspecified atom stereocenters. The lowest BCUT2D eigenvalue weighted by atomic mass is 9.76. The van der Waals surface area contributed by atoms with Crippen LogP contribution >= 0.6 is 0 Å². The molecule has 0 aromatic carbocycles. The minimum atomic E-state index is -0.622. The van der Waals surface area contributed by atoms with Crippen molar-refractivity contribution in [3.05, 3.63) is 0 Å². The average molecular weight is 271 g/mol. The summed E-state index contributed by atoms with van der Waals surface area (Å²) in [5.74, 6) is 1.05. The van der Waals surface area contributed by atoms with E-state index in [-0.39, 0.29) is 17.7 Å². The Bertz CT molecular complexity index is 319. The third kappa shape index (κ3) is 4.49. The highest BCUT2D eigenvalue weighted by Gasteiger charge is 2.33. The zero-order valence-corrected chi connectivity index (χ0v) is 12.3. The standard InChI is InChI=1S/C8H15NO2.C6H10O2/c1-6-4-7(5-6)8(10)9(2)11-3;1-4-2-5(3-4)6(7)8/h6-7H,4-5H2,1-3H3;4-5H,2-3H2,1H3,(H,7,8). The van der Waals surface area contributed by atoms with Gasteiger partial charge in [0, 0.05) is 13.0 Å². The number of rotatable bonds is 3. The van der Waals surface area contributed by atoms with Crippen LogP contribution < -0.4 is 0 Å². The van der Waals surface area contributed by atoms with E-state index in [1.165, 1.54) is 12.2 Å². The van der Waals surface area contributed by atoms with Crippen LogP contribution in [-0.2, 0) is 14.4 Å². The summed E-state index contributed by atoms with van der Waals surface area (Å²) in [4.78, 5) is 26.2. The third-order valence-corrected chi connectivity index (χ3v) is 4.03. The Kier molecular flexibility index (Phi) is 5.79. The maximum absolute atomic E-state index is 11.3. The molecule has 2 aliphatic carbocycles. The summed E-state index contributed by atoms with van der Waals surface area (Å²) >= 11 is 0. The lowest BCUT2D eigenvalue weighted by Gasteiger charge is -2.33. The van der Waals surface area contributed by atoms with Crippen molar-refractivity contribution in [2.24, 2.45) is 23.7 Å². The largest absolute Gasteiger partial charge is 0.481 e. The molecule has 5 heteroatoms. The summed E-state index contributed by atoms with van der Waals surface area (Å²) < 4.78 is 0. The Labute approximate surface area is 114 Å². The molecule has 0 aliphatic heterocycles. The van der Waals surface area contributed by atoms with E-state index >= 15 is 0 Å². The van der Waals surface area contributed by atoms with Crippen molar-refractivity contribution in [2.45, 2.75) is 39.5 Å². The van der Waals surface area contributed by atoms with Gasteiger partial charge in [0.15, 0.2) is 0 Å². The van der Waals surface area contributed by atoms with Crippen LogP contribution in [0.2, 0.25) is 0 Å². The normalized spacial score (nSPS) is 32.2. The van der Waals surface area contributed by atoms with Crippen molar-refractivity contribution in [3.8, 4) is 0 Å². The topological polar surface area (TPSA) is 66.8 Å². The Morgan fingerprint density at radius 1 is 1.05 bits per heavy atom. The summed E-state index contributed by atoms with van der Waals surface area (Å²) in [7, 11) is 3.17. The zero-order valence-electron chi connectivity index (χ0n) is 12.3. The van der Waals surface area contributed by atoms with Crippen molar-refractivity contribution in [2.75, 3.05) is 14.2 Å². The lowest BCUT2D eigenvalue weighted by molar-refractivity contribution is -0.177. The molecular formula is C14H25NO4. The summed E-state index contributed by atoms with van der Waals surface area (Å²) in [6.07, 6.45) is 3.81. The van der Waals surface area contributed by atoms with E-state index in [0.29, 0.717) is 11.8 Å². The quantitative estimate of drug-likeness (QED) is 0.799. The fraction of sp³-hybridized carbons (Fsp3) is 0.857. The number of hydrogen-bond acceptors (Lipinski definition) is 3. The van der Waals surface area contributed by atoms with Gasteiger partial charge in [-0.15, -0.1) is 0 Å². The highest BCUT2D eigenvalue weighted by molar-refractivity contribution is 5.78. The SMILES string of the molecule is CC1CC(C(=O)O)C1.CON(C)C(=O)C1CC(C)C1. The summed E-state index contributed by atoms with van der Waals surface area (Å²) in [5.41, 5.74) is 0. The Balaban J connectivity index is 0.000000200. The number of carbonyl (C=O) groups excluding carboxylic acids is 1. The van der Waals surface area contributed by atoms with Crippen LogP contribution in [0.25, 0.3) is 0 Å². The number of amides is 1. The van der Waals surface area contributed by atoms with E-state index in [1.807, 2.05) is 0 Å². The summed E-state index contributed by atoms with van der Waals surface area (Å²) in [5, 5.41) is 9.67. The molecule has 0 spiro atoms. The summed E-state index contributed by atoms with van der Waals surface area (Å²) in [6, 6.07) is 0.